The van der Waals surface area contributed by atoms with E-state index in [0.29, 0.717) is 45.1 Å². The number of likely N-dealkylation sites (tertiary alicyclic amines) is 1. The lowest BCUT2D eigenvalue weighted by atomic mass is 9.79. The summed E-state index contributed by atoms with van der Waals surface area (Å²) in [5, 5.41) is 11.9. The molecular formula is C44H48N2O9. The van der Waals surface area contributed by atoms with E-state index in [-0.39, 0.29) is 36.9 Å². The summed E-state index contributed by atoms with van der Waals surface area (Å²) in [6.07, 6.45) is 0.676. The van der Waals surface area contributed by atoms with Crippen molar-refractivity contribution in [1.82, 2.24) is 4.90 Å². The summed E-state index contributed by atoms with van der Waals surface area (Å²) in [4.78, 5) is 30.7. The fourth-order valence-electron chi connectivity index (χ4n) is 7.24. The van der Waals surface area contributed by atoms with E-state index in [1.54, 1.807) is 26.4 Å². The van der Waals surface area contributed by atoms with E-state index in [4.69, 9.17) is 23.7 Å². The number of rotatable bonds is 18. The average molecular weight is 749 g/mol. The lowest BCUT2D eigenvalue weighted by Gasteiger charge is -2.43. The van der Waals surface area contributed by atoms with Crippen molar-refractivity contribution in [3.8, 4) is 17.2 Å². The van der Waals surface area contributed by atoms with Crippen molar-refractivity contribution in [2.24, 2.45) is 5.92 Å². The largest absolute Gasteiger partial charge is 0.496 e. The van der Waals surface area contributed by atoms with Crippen molar-refractivity contribution in [2.75, 3.05) is 40.5 Å². The molecule has 0 N–H and O–H groups in total. The minimum atomic E-state index is -0.816. The normalized spacial score (nSPS) is 16.8. The molecule has 3 unspecified atom stereocenters. The molecule has 0 aliphatic carbocycles. The standard InChI is InChI=1S/C44H48N2O9/c1-31-26-45(43(47)25-32-13-15-33(16-14-32)29-55-46(48)49)27-42(54-28-34-23-36-9-4-6-11-39(36)41(24-34)51-3)44(31)35-17-19-38(20-18-35)53-22-8-21-52-30-37-10-5-7-12-40(37)50-2/h4-7,9-20,23-24,31,42,44H,8,21-22,25-30H2,1-3H3. The topological polar surface area (TPSA) is 119 Å². The minimum absolute atomic E-state index is 0.00352. The summed E-state index contributed by atoms with van der Waals surface area (Å²) < 4.78 is 29.8. The molecule has 0 radical (unpaired) electrons. The smallest absolute Gasteiger partial charge is 0.294 e. The lowest BCUT2D eigenvalue weighted by molar-refractivity contribution is -0.763. The van der Waals surface area contributed by atoms with Crippen molar-refractivity contribution in [1.29, 1.82) is 0 Å². The number of piperidine rings is 1. The quantitative estimate of drug-likeness (QED) is 0.0500. The van der Waals surface area contributed by atoms with Gasteiger partial charge in [0.25, 0.3) is 5.09 Å². The second-order valence-electron chi connectivity index (χ2n) is 13.8. The van der Waals surface area contributed by atoms with Crippen LogP contribution in [0, 0.1) is 16.0 Å². The number of fused-ring (bicyclic) bond motifs is 1. The van der Waals surface area contributed by atoms with Gasteiger partial charge in [0, 0.05) is 36.4 Å². The van der Waals surface area contributed by atoms with E-state index in [2.05, 4.69) is 36.0 Å². The minimum Gasteiger partial charge on any atom is -0.496 e. The highest BCUT2D eigenvalue weighted by Crippen LogP contribution is 2.37. The van der Waals surface area contributed by atoms with Crippen molar-refractivity contribution in [2.45, 2.75) is 51.6 Å². The van der Waals surface area contributed by atoms with Crippen LogP contribution in [0.25, 0.3) is 10.8 Å². The maximum atomic E-state index is 13.7. The Labute approximate surface area is 321 Å². The van der Waals surface area contributed by atoms with Gasteiger partial charge in [0.15, 0.2) is 0 Å². The number of hydrogen-bond donors (Lipinski definition) is 0. The first-order valence-corrected chi connectivity index (χ1v) is 18.5. The van der Waals surface area contributed by atoms with Gasteiger partial charge in [0.05, 0.1) is 53.2 Å². The van der Waals surface area contributed by atoms with Gasteiger partial charge < -0.3 is 33.4 Å². The molecule has 0 spiro atoms. The van der Waals surface area contributed by atoms with E-state index < -0.39 is 5.09 Å². The van der Waals surface area contributed by atoms with Crippen molar-refractivity contribution >= 4 is 16.7 Å². The molecule has 5 aromatic carbocycles. The molecule has 1 aliphatic rings. The van der Waals surface area contributed by atoms with Gasteiger partial charge in [-0.05, 0) is 63.9 Å². The number of ether oxygens (including phenoxy) is 5. The Morgan fingerprint density at radius 1 is 0.782 bits per heavy atom. The van der Waals surface area contributed by atoms with Crippen LogP contribution in [-0.2, 0) is 45.3 Å². The first-order valence-electron chi connectivity index (χ1n) is 18.5. The van der Waals surface area contributed by atoms with Crippen LogP contribution in [-0.4, -0.2) is 62.5 Å². The number of carbonyl (C=O) groups is 1. The van der Waals surface area contributed by atoms with E-state index >= 15 is 0 Å². The molecular weight excluding hydrogens is 700 g/mol. The molecule has 3 atom stereocenters. The molecule has 1 fully saturated rings. The summed E-state index contributed by atoms with van der Waals surface area (Å²) in [5.41, 5.74) is 4.61. The average Bonchev–Trinajstić information content (AvgIpc) is 3.21. The molecule has 6 rings (SSSR count). The maximum Gasteiger partial charge on any atom is 0.294 e. The molecule has 0 bridgehead atoms. The van der Waals surface area contributed by atoms with E-state index in [0.717, 1.165) is 56.7 Å². The summed E-state index contributed by atoms with van der Waals surface area (Å²) in [6.45, 7) is 4.97. The Bertz CT molecular complexity index is 2020. The van der Waals surface area contributed by atoms with Gasteiger partial charge in [-0.3, -0.25) is 4.79 Å². The predicted octanol–water partition coefficient (Wildman–Crippen LogP) is 7.94. The summed E-state index contributed by atoms with van der Waals surface area (Å²) >= 11 is 0. The summed E-state index contributed by atoms with van der Waals surface area (Å²) in [7, 11) is 3.33. The molecule has 0 aromatic heterocycles. The molecule has 11 heteroatoms. The number of hydrogen-bond acceptors (Lipinski definition) is 9. The van der Waals surface area contributed by atoms with Crippen molar-refractivity contribution in [3.05, 3.63) is 147 Å². The third-order valence-electron chi connectivity index (χ3n) is 9.97. The first-order chi connectivity index (χ1) is 26.8. The summed E-state index contributed by atoms with van der Waals surface area (Å²) in [6, 6.07) is 35.4. The zero-order chi connectivity index (χ0) is 38.6. The van der Waals surface area contributed by atoms with Gasteiger partial charge in [-0.1, -0.05) is 85.8 Å². The Kier molecular flexibility index (Phi) is 13.6. The Morgan fingerprint density at radius 2 is 1.51 bits per heavy atom. The molecule has 55 heavy (non-hydrogen) atoms. The zero-order valence-electron chi connectivity index (χ0n) is 31.6. The van der Waals surface area contributed by atoms with Crippen LogP contribution in [0.5, 0.6) is 17.2 Å². The monoisotopic (exact) mass is 748 g/mol. The van der Waals surface area contributed by atoms with Crippen LogP contribution < -0.4 is 14.2 Å². The first kappa shape index (κ1) is 39.1. The number of methoxy groups -OCH3 is 2. The van der Waals surface area contributed by atoms with Crippen molar-refractivity contribution in [3.63, 3.8) is 0 Å². The zero-order valence-corrected chi connectivity index (χ0v) is 31.6. The Hall–Kier alpha value is -5.65. The fourth-order valence-corrected chi connectivity index (χ4v) is 7.24. The molecule has 11 nitrogen and oxygen atoms in total. The lowest BCUT2D eigenvalue weighted by Crippen LogP contribution is -2.51. The number of para-hydroxylation sites is 1. The van der Waals surface area contributed by atoms with Crippen LogP contribution >= 0.6 is 0 Å². The molecule has 5 aromatic rings. The predicted molar refractivity (Wildman–Crippen MR) is 209 cm³/mol. The third-order valence-corrected chi connectivity index (χ3v) is 9.97. The Morgan fingerprint density at radius 3 is 2.27 bits per heavy atom. The third kappa shape index (κ3) is 10.5. The fraction of sp³-hybridized carbons (Fsp3) is 0.341. The van der Waals surface area contributed by atoms with Crippen molar-refractivity contribution < 1.29 is 38.4 Å². The maximum absolute atomic E-state index is 13.7. The van der Waals surface area contributed by atoms with E-state index in [1.165, 1.54) is 0 Å². The number of carbonyl (C=O) groups excluding carboxylic acids is 1. The number of benzene rings is 5. The van der Waals surface area contributed by atoms with E-state index in [9.17, 15) is 14.9 Å². The molecule has 1 amide bonds. The van der Waals surface area contributed by atoms with Crippen LogP contribution in [0.3, 0.4) is 0 Å². The van der Waals surface area contributed by atoms with Crippen LogP contribution in [0.2, 0.25) is 0 Å². The van der Waals surface area contributed by atoms with Gasteiger partial charge >= 0.3 is 0 Å². The molecule has 288 valence electrons. The summed E-state index contributed by atoms with van der Waals surface area (Å²) in [5.74, 6) is 2.52. The number of nitrogens with zero attached hydrogens (tertiary/aromatic N) is 2. The molecule has 1 heterocycles. The highest BCUT2D eigenvalue weighted by Gasteiger charge is 2.38. The second kappa shape index (κ2) is 19.1. The van der Waals surface area contributed by atoms with Crippen LogP contribution in [0.4, 0.5) is 0 Å². The van der Waals surface area contributed by atoms with Crippen LogP contribution in [0.15, 0.2) is 109 Å². The molecule has 1 saturated heterocycles. The SMILES string of the molecule is COc1ccccc1COCCCOc1ccc(C2C(C)CN(C(=O)Cc3ccc(CO[N+](=O)[O-])cc3)CC2OCc2cc(OC)c3ccccc3c2)cc1. The number of amides is 1. The Balaban J connectivity index is 1.11. The molecule has 1 aliphatic heterocycles. The van der Waals surface area contributed by atoms with Gasteiger partial charge in [0.1, 0.15) is 23.9 Å². The van der Waals surface area contributed by atoms with E-state index in [1.807, 2.05) is 77.7 Å². The van der Waals surface area contributed by atoms with Gasteiger partial charge in [-0.2, -0.15) is 0 Å². The highest BCUT2D eigenvalue weighted by atomic mass is 16.9. The second-order valence-corrected chi connectivity index (χ2v) is 13.8. The van der Waals surface area contributed by atoms with Gasteiger partial charge in [0.2, 0.25) is 5.91 Å². The molecule has 0 saturated carbocycles. The van der Waals surface area contributed by atoms with Gasteiger partial charge in [-0.15, -0.1) is 10.1 Å². The highest BCUT2D eigenvalue weighted by molar-refractivity contribution is 5.89. The van der Waals surface area contributed by atoms with Gasteiger partial charge in [-0.25, -0.2) is 0 Å². The van der Waals surface area contributed by atoms with Crippen LogP contribution in [0.1, 0.15) is 47.1 Å².